The van der Waals surface area contributed by atoms with Gasteiger partial charge in [0.25, 0.3) is 0 Å². The second-order valence-electron chi connectivity index (χ2n) is 5.39. The van der Waals surface area contributed by atoms with Crippen LogP contribution in [0.1, 0.15) is 23.6 Å². The Hall–Kier alpha value is -3.28. The van der Waals surface area contributed by atoms with E-state index in [0.717, 1.165) is 11.1 Å². The Labute approximate surface area is 159 Å². The molecule has 6 heteroatoms. The molecular formula is C21H23NO5. The van der Waals surface area contributed by atoms with E-state index in [2.05, 4.69) is 5.16 Å². The van der Waals surface area contributed by atoms with E-state index < -0.39 is 5.97 Å². The topological polar surface area (TPSA) is 66.3 Å². The van der Waals surface area contributed by atoms with E-state index in [-0.39, 0.29) is 6.61 Å². The molecule has 0 aromatic heterocycles. The maximum absolute atomic E-state index is 12.1. The zero-order valence-corrected chi connectivity index (χ0v) is 15.7. The van der Waals surface area contributed by atoms with Crippen molar-refractivity contribution in [1.82, 2.24) is 0 Å². The first-order chi connectivity index (χ1) is 13.2. The summed E-state index contributed by atoms with van der Waals surface area (Å²) in [5, 5.41) is 3.89. The van der Waals surface area contributed by atoms with Gasteiger partial charge in [0.2, 0.25) is 0 Å². The highest BCUT2D eigenvalue weighted by atomic mass is 16.6. The molecule has 2 rings (SSSR count). The third-order valence-electron chi connectivity index (χ3n) is 3.65. The van der Waals surface area contributed by atoms with E-state index in [4.69, 9.17) is 19.0 Å². The largest absolute Gasteiger partial charge is 0.503 e. The molecule has 0 saturated heterocycles. The fourth-order valence-electron chi connectivity index (χ4n) is 2.40. The van der Waals surface area contributed by atoms with Gasteiger partial charge < -0.3 is 19.0 Å². The number of esters is 1. The fraction of sp³-hybridized carbons (Fsp3) is 0.238. The molecule has 0 unspecified atom stereocenters. The highest BCUT2D eigenvalue weighted by Crippen LogP contribution is 2.24. The molecule has 142 valence electrons. The van der Waals surface area contributed by atoms with Crippen LogP contribution in [0.25, 0.3) is 5.57 Å². The summed E-state index contributed by atoms with van der Waals surface area (Å²) in [5.41, 5.74) is 2.63. The molecule has 0 radical (unpaired) electrons. The third-order valence-corrected chi connectivity index (χ3v) is 3.65. The van der Waals surface area contributed by atoms with Gasteiger partial charge in [-0.15, -0.1) is 0 Å². The van der Waals surface area contributed by atoms with Crippen LogP contribution >= 0.6 is 0 Å². The molecule has 27 heavy (non-hydrogen) atoms. The molecule has 2 aromatic rings. The van der Waals surface area contributed by atoms with Crippen molar-refractivity contribution < 1.29 is 23.8 Å². The van der Waals surface area contributed by atoms with Gasteiger partial charge in [-0.2, -0.15) is 0 Å². The highest BCUT2D eigenvalue weighted by molar-refractivity contribution is 6.16. The molecule has 0 heterocycles. The summed E-state index contributed by atoms with van der Waals surface area (Å²) >= 11 is 0. The van der Waals surface area contributed by atoms with Gasteiger partial charge in [-0.25, -0.2) is 4.79 Å². The van der Waals surface area contributed by atoms with E-state index in [1.54, 1.807) is 6.21 Å². The maximum atomic E-state index is 12.1. The summed E-state index contributed by atoms with van der Waals surface area (Å²) in [7, 11) is 2.81. The number of ether oxygens (including phenoxy) is 3. The predicted molar refractivity (Wildman–Crippen MR) is 103 cm³/mol. The lowest BCUT2D eigenvalue weighted by Gasteiger charge is -2.13. The SMILES string of the molecule is CCO/N=C/c1ccccc1OCc1ccccc1/C(=C/OC)C(=O)OC. The van der Waals surface area contributed by atoms with Gasteiger partial charge >= 0.3 is 5.97 Å². The summed E-state index contributed by atoms with van der Waals surface area (Å²) in [6, 6.07) is 14.9. The number of oxime groups is 1. The van der Waals surface area contributed by atoms with Crippen LogP contribution < -0.4 is 4.74 Å². The minimum Gasteiger partial charge on any atom is -0.503 e. The summed E-state index contributed by atoms with van der Waals surface area (Å²) < 4.78 is 15.9. The predicted octanol–water partition coefficient (Wildman–Crippen LogP) is 3.80. The number of carbonyl (C=O) groups is 1. The van der Waals surface area contributed by atoms with Crippen molar-refractivity contribution in [1.29, 1.82) is 0 Å². The normalized spacial score (nSPS) is 11.3. The Morgan fingerprint density at radius 2 is 1.81 bits per heavy atom. The molecule has 0 aliphatic carbocycles. The zero-order chi connectivity index (χ0) is 19.5. The Morgan fingerprint density at radius 1 is 1.07 bits per heavy atom. The molecule has 0 bridgehead atoms. The maximum Gasteiger partial charge on any atom is 0.341 e. The van der Waals surface area contributed by atoms with Crippen molar-refractivity contribution >= 4 is 17.8 Å². The number of nitrogens with zero attached hydrogens (tertiary/aromatic N) is 1. The molecule has 0 aliphatic rings. The highest BCUT2D eigenvalue weighted by Gasteiger charge is 2.17. The number of rotatable bonds is 9. The van der Waals surface area contributed by atoms with Crippen molar-refractivity contribution in [2.45, 2.75) is 13.5 Å². The molecule has 0 amide bonds. The van der Waals surface area contributed by atoms with Crippen molar-refractivity contribution in [2.75, 3.05) is 20.8 Å². The molecular weight excluding hydrogens is 346 g/mol. The van der Waals surface area contributed by atoms with E-state index in [1.165, 1.54) is 20.5 Å². The number of para-hydroxylation sites is 1. The van der Waals surface area contributed by atoms with Crippen molar-refractivity contribution in [3.63, 3.8) is 0 Å². The third kappa shape index (κ3) is 5.60. The van der Waals surface area contributed by atoms with E-state index >= 15 is 0 Å². The molecule has 0 saturated carbocycles. The average molecular weight is 369 g/mol. The second kappa shape index (κ2) is 10.7. The van der Waals surface area contributed by atoms with Crippen LogP contribution in [0.5, 0.6) is 5.75 Å². The second-order valence-corrected chi connectivity index (χ2v) is 5.39. The van der Waals surface area contributed by atoms with Gasteiger partial charge in [0, 0.05) is 5.56 Å². The Kier molecular flexibility index (Phi) is 7.91. The minimum atomic E-state index is -0.478. The summed E-state index contributed by atoms with van der Waals surface area (Å²) in [6.45, 7) is 2.62. The molecule has 0 aliphatic heterocycles. The van der Waals surface area contributed by atoms with Crippen LogP contribution in [0.2, 0.25) is 0 Å². The summed E-state index contributed by atoms with van der Waals surface area (Å²) in [4.78, 5) is 17.1. The van der Waals surface area contributed by atoms with Crippen molar-refractivity contribution in [2.24, 2.45) is 5.16 Å². The Morgan fingerprint density at radius 3 is 2.56 bits per heavy atom. The van der Waals surface area contributed by atoms with Crippen molar-refractivity contribution in [3.05, 3.63) is 71.5 Å². The van der Waals surface area contributed by atoms with Gasteiger partial charge in [-0.3, -0.25) is 0 Å². The smallest absolute Gasteiger partial charge is 0.341 e. The number of carbonyl (C=O) groups excluding carboxylic acids is 1. The van der Waals surface area contributed by atoms with Crippen LogP contribution in [-0.4, -0.2) is 33.0 Å². The number of methoxy groups -OCH3 is 2. The van der Waals surface area contributed by atoms with Crippen molar-refractivity contribution in [3.8, 4) is 5.75 Å². The van der Waals surface area contributed by atoms with Crippen LogP contribution in [0.4, 0.5) is 0 Å². The number of hydrogen-bond donors (Lipinski definition) is 0. The summed E-state index contributed by atoms with van der Waals surface area (Å²) in [6.07, 6.45) is 2.97. The lowest BCUT2D eigenvalue weighted by atomic mass is 10.0. The average Bonchev–Trinajstić information content (AvgIpc) is 2.71. The standard InChI is InChI=1S/C21H23NO5/c1-4-27-22-13-16-9-6-8-12-20(16)26-14-17-10-5-7-11-18(17)19(15-24-2)21(23)25-3/h5-13,15H,4,14H2,1-3H3/b19-15-,22-13+. The van der Waals surface area contributed by atoms with Gasteiger partial charge in [0.15, 0.2) is 0 Å². The molecule has 6 nitrogen and oxygen atoms in total. The molecule has 2 aromatic carbocycles. The van der Waals surface area contributed by atoms with Gasteiger partial charge in [-0.05, 0) is 30.2 Å². The fourth-order valence-corrected chi connectivity index (χ4v) is 2.40. The minimum absolute atomic E-state index is 0.258. The molecule has 0 atom stereocenters. The van der Waals surface area contributed by atoms with Gasteiger partial charge in [0.05, 0.1) is 26.7 Å². The monoisotopic (exact) mass is 369 g/mol. The van der Waals surface area contributed by atoms with Crippen LogP contribution in [0, 0.1) is 0 Å². The Balaban J connectivity index is 2.25. The summed E-state index contributed by atoms with van der Waals surface area (Å²) in [5.74, 6) is 0.180. The number of hydrogen-bond acceptors (Lipinski definition) is 6. The molecule has 0 spiro atoms. The first-order valence-electron chi connectivity index (χ1n) is 8.48. The first-order valence-corrected chi connectivity index (χ1v) is 8.48. The van der Waals surface area contributed by atoms with E-state index in [1.807, 2.05) is 55.5 Å². The Bertz CT molecular complexity index is 814. The van der Waals surface area contributed by atoms with E-state index in [0.29, 0.717) is 23.5 Å². The van der Waals surface area contributed by atoms with Gasteiger partial charge in [-0.1, -0.05) is 41.6 Å². The van der Waals surface area contributed by atoms with Crippen LogP contribution in [0.15, 0.2) is 59.9 Å². The van der Waals surface area contributed by atoms with Crippen LogP contribution in [-0.2, 0) is 25.7 Å². The van der Waals surface area contributed by atoms with Gasteiger partial charge in [0.1, 0.15) is 24.5 Å². The first kappa shape index (κ1) is 20.0. The zero-order valence-electron chi connectivity index (χ0n) is 15.7. The quantitative estimate of drug-likeness (QED) is 0.221. The van der Waals surface area contributed by atoms with E-state index in [9.17, 15) is 4.79 Å². The molecule has 0 N–H and O–H groups in total. The lowest BCUT2D eigenvalue weighted by molar-refractivity contribution is -0.133. The lowest BCUT2D eigenvalue weighted by Crippen LogP contribution is -2.08. The number of benzene rings is 2. The van der Waals surface area contributed by atoms with Crippen LogP contribution in [0.3, 0.4) is 0 Å². The molecule has 0 fully saturated rings.